The summed E-state index contributed by atoms with van der Waals surface area (Å²) in [7, 11) is 1.47. The van der Waals surface area contributed by atoms with Gasteiger partial charge >= 0.3 is 5.56 Å². The number of ether oxygens (including phenoxy) is 1. The number of benzene rings is 2. The highest BCUT2D eigenvalue weighted by Crippen LogP contribution is 2.27. The maximum atomic E-state index is 12.2. The van der Waals surface area contributed by atoms with Crippen LogP contribution in [0, 0.1) is 6.92 Å². The lowest BCUT2D eigenvalue weighted by molar-refractivity contribution is 0.402. The molecule has 2 aromatic carbocycles. The molecule has 2 N–H and O–H groups in total. The number of fused-ring (bicyclic) bond motifs is 1. The van der Waals surface area contributed by atoms with Crippen molar-refractivity contribution in [2.75, 3.05) is 12.4 Å². The first-order chi connectivity index (χ1) is 13.2. The third-order valence-corrected chi connectivity index (χ3v) is 4.63. The van der Waals surface area contributed by atoms with Crippen LogP contribution in [0.3, 0.4) is 0 Å². The van der Waals surface area contributed by atoms with Crippen molar-refractivity contribution >= 4 is 22.5 Å². The van der Waals surface area contributed by atoms with Crippen LogP contribution in [0.5, 0.6) is 5.75 Å². The van der Waals surface area contributed by atoms with Gasteiger partial charge in [-0.05, 0) is 36.2 Å². The summed E-state index contributed by atoms with van der Waals surface area (Å²) in [5.74, 6) is 0.692. The molecular formula is C21H20N4O2. The van der Waals surface area contributed by atoms with Gasteiger partial charge in [0.05, 0.1) is 19.9 Å². The van der Waals surface area contributed by atoms with E-state index in [2.05, 4.69) is 15.3 Å². The lowest BCUT2D eigenvalue weighted by Crippen LogP contribution is -2.19. The molecule has 0 saturated heterocycles. The van der Waals surface area contributed by atoms with Crippen LogP contribution >= 0.6 is 0 Å². The largest absolute Gasteiger partial charge is 0.490 e. The Hall–Kier alpha value is -3.54. The quantitative estimate of drug-likeness (QED) is 0.567. The van der Waals surface area contributed by atoms with Gasteiger partial charge in [-0.2, -0.15) is 4.98 Å². The third-order valence-electron chi connectivity index (χ3n) is 4.63. The summed E-state index contributed by atoms with van der Waals surface area (Å²) in [6.07, 6.45) is 3.60. The summed E-state index contributed by atoms with van der Waals surface area (Å²) in [5, 5.41) is 4.45. The zero-order valence-electron chi connectivity index (χ0n) is 15.2. The Morgan fingerprint density at radius 1 is 1.15 bits per heavy atom. The number of methoxy groups -OCH3 is 1. The molecule has 2 heterocycles. The van der Waals surface area contributed by atoms with E-state index < -0.39 is 5.56 Å². The Kier molecular flexibility index (Phi) is 4.38. The van der Waals surface area contributed by atoms with E-state index >= 15 is 0 Å². The normalized spacial score (nSPS) is 10.9. The van der Waals surface area contributed by atoms with Crippen molar-refractivity contribution in [3.8, 4) is 5.75 Å². The minimum absolute atomic E-state index is 0.217. The topological polar surface area (TPSA) is 71.9 Å². The molecule has 0 atom stereocenters. The molecule has 0 bridgehead atoms. The molecule has 136 valence electrons. The fraction of sp³-hybridized carbons (Fsp3) is 0.143. The molecule has 0 saturated carbocycles. The molecule has 0 aliphatic rings. The van der Waals surface area contributed by atoms with E-state index in [1.165, 1.54) is 7.11 Å². The first-order valence-corrected chi connectivity index (χ1v) is 8.69. The average molecular weight is 360 g/mol. The SMILES string of the molecule is COc1cn(Cc2ccccc2)c(Nc2ccc3[nH]ccc3c2C)nc1=O. The first-order valence-electron chi connectivity index (χ1n) is 8.69. The summed E-state index contributed by atoms with van der Waals surface area (Å²) < 4.78 is 7.06. The Bertz CT molecular complexity index is 1150. The number of hydrogen-bond donors (Lipinski definition) is 2. The van der Waals surface area contributed by atoms with Crippen LogP contribution < -0.4 is 15.6 Å². The minimum atomic E-state index is -0.398. The van der Waals surface area contributed by atoms with E-state index in [4.69, 9.17) is 4.74 Å². The van der Waals surface area contributed by atoms with Gasteiger partial charge in [-0.3, -0.25) is 4.79 Å². The number of aryl methyl sites for hydroxylation is 1. The van der Waals surface area contributed by atoms with E-state index in [-0.39, 0.29) is 5.75 Å². The van der Waals surface area contributed by atoms with Gasteiger partial charge in [-0.1, -0.05) is 30.3 Å². The van der Waals surface area contributed by atoms with Crippen LogP contribution in [0.4, 0.5) is 11.6 Å². The van der Waals surface area contributed by atoms with Crippen LogP contribution in [0.2, 0.25) is 0 Å². The van der Waals surface area contributed by atoms with Crippen molar-refractivity contribution in [2.45, 2.75) is 13.5 Å². The van der Waals surface area contributed by atoms with Gasteiger partial charge in [-0.25, -0.2) is 0 Å². The molecule has 0 radical (unpaired) electrons. The molecule has 0 unspecified atom stereocenters. The van der Waals surface area contributed by atoms with Crippen molar-refractivity contribution in [1.82, 2.24) is 14.5 Å². The maximum absolute atomic E-state index is 12.2. The fourth-order valence-electron chi connectivity index (χ4n) is 3.15. The molecule has 2 aromatic heterocycles. The zero-order valence-corrected chi connectivity index (χ0v) is 15.2. The molecule has 4 aromatic rings. The maximum Gasteiger partial charge on any atom is 0.316 e. The van der Waals surface area contributed by atoms with E-state index in [1.807, 2.05) is 66.2 Å². The van der Waals surface area contributed by atoms with Gasteiger partial charge in [0.15, 0.2) is 0 Å². The zero-order chi connectivity index (χ0) is 18.8. The standard InChI is InChI=1S/C21H20N4O2/c1-14-16-10-11-22-18(16)9-8-17(14)23-21-24-20(26)19(27-2)13-25(21)12-15-6-4-3-5-7-15/h3-11,13,22H,12H2,1-2H3,(H,23,24,26). The van der Waals surface area contributed by atoms with Crippen LogP contribution in [-0.2, 0) is 6.54 Å². The average Bonchev–Trinajstić information content (AvgIpc) is 3.16. The molecule has 4 rings (SSSR count). The summed E-state index contributed by atoms with van der Waals surface area (Å²) in [6.45, 7) is 2.61. The van der Waals surface area contributed by atoms with E-state index in [9.17, 15) is 4.79 Å². The highest BCUT2D eigenvalue weighted by molar-refractivity contribution is 5.88. The Labute approximate surface area is 156 Å². The first kappa shape index (κ1) is 16.9. The second-order valence-electron chi connectivity index (χ2n) is 6.35. The van der Waals surface area contributed by atoms with Crippen molar-refractivity contribution in [3.05, 3.63) is 82.4 Å². The number of rotatable bonds is 5. The monoisotopic (exact) mass is 360 g/mol. The molecule has 0 fully saturated rings. The predicted octanol–water partition coefficient (Wildman–Crippen LogP) is 3.83. The molecule has 6 nitrogen and oxygen atoms in total. The van der Waals surface area contributed by atoms with Crippen molar-refractivity contribution in [2.24, 2.45) is 0 Å². The Balaban J connectivity index is 1.77. The second kappa shape index (κ2) is 6.99. The number of nitrogens with one attached hydrogen (secondary N) is 2. The van der Waals surface area contributed by atoms with Crippen LogP contribution in [-0.4, -0.2) is 21.6 Å². The van der Waals surface area contributed by atoms with Gasteiger partial charge in [0.2, 0.25) is 11.7 Å². The van der Waals surface area contributed by atoms with Gasteiger partial charge < -0.3 is 19.6 Å². The molecular weight excluding hydrogens is 340 g/mol. The Morgan fingerprint density at radius 3 is 2.74 bits per heavy atom. The second-order valence-corrected chi connectivity index (χ2v) is 6.35. The summed E-state index contributed by atoms with van der Waals surface area (Å²) >= 11 is 0. The van der Waals surface area contributed by atoms with E-state index in [1.54, 1.807) is 6.20 Å². The molecule has 27 heavy (non-hydrogen) atoms. The van der Waals surface area contributed by atoms with Crippen LogP contribution in [0.15, 0.2) is 65.7 Å². The molecule has 0 amide bonds. The van der Waals surface area contributed by atoms with E-state index in [0.29, 0.717) is 12.5 Å². The molecule has 6 heteroatoms. The smallest absolute Gasteiger partial charge is 0.316 e. The van der Waals surface area contributed by atoms with Crippen molar-refractivity contribution in [3.63, 3.8) is 0 Å². The van der Waals surface area contributed by atoms with Gasteiger partial charge in [0.1, 0.15) is 0 Å². The fourth-order valence-corrected chi connectivity index (χ4v) is 3.15. The van der Waals surface area contributed by atoms with Crippen LogP contribution in [0.1, 0.15) is 11.1 Å². The summed E-state index contributed by atoms with van der Waals surface area (Å²) in [6, 6.07) is 16.0. The number of aromatic nitrogens is 3. The number of hydrogen-bond acceptors (Lipinski definition) is 4. The predicted molar refractivity (Wildman–Crippen MR) is 107 cm³/mol. The van der Waals surface area contributed by atoms with Crippen LogP contribution in [0.25, 0.3) is 10.9 Å². The highest BCUT2D eigenvalue weighted by atomic mass is 16.5. The molecule has 0 aliphatic heterocycles. The van der Waals surface area contributed by atoms with Gasteiger partial charge in [0.25, 0.3) is 0 Å². The molecule has 0 aliphatic carbocycles. The summed E-state index contributed by atoms with van der Waals surface area (Å²) in [5.41, 5.74) is 3.77. The number of H-pyrrole nitrogens is 1. The van der Waals surface area contributed by atoms with Crippen molar-refractivity contribution in [1.29, 1.82) is 0 Å². The lowest BCUT2D eigenvalue weighted by atomic mass is 10.1. The van der Waals surface area contributed by atoms with E-state index in [0.717, 1.165) is 27.7 Å². The number of aromatic amines is 1. The van der Waals surface area contributed by atoms with Gasteiger partial charge in [-0.15, -0.1) is 0 Å². The highest BCUT2D eigenvalue weighted by Gasteiger charge is 2.12. The Morgan fingerprint density at radius 2 is 1.96 bits per heavy atom. The number of nitrogens with zero attached hydrogens (tertiary/aromatic N) is 2. The molecule has 0 spiro atoms. The lowest BCUT2D eigenvalue weighted by Gasteiger charge is -2.16. The van der Waals surface area contributed by atoms with Gasteiger partial charge in [0, 0.05) is 22.8 Å². The number of anilines is 2. The summed E-state index contributed by atoms with van der Waals surface area (Å²) in [4.78, 5) is 19.6. The minimum Gasteiger partial charge on any atom is -0.490 e. The van der Waals surface area contributed by atoms with Crippen molar-refractivity contribution < 1.29 is 4.74 Å². The third kappa shape index (κ3) is 3.29.